The summed E-state index contributed by atoms with van der Waals surface area (Å²) in [6.45, 7) is 43.7. The maximum absolute atomic E-state index is 13.7. The Labute approximate surface area is 365 Å². The van der Waals surface area contributed by atoms with Gasteiger partial charge in [-0.05, 0) is 122 Å². The number of thioether (sulfide) groups is 1. The number of allylic oxidation sites excluding steroid dienone is 4. The lowest BCUT2D eigenvalue weighted by molar-refractivity contribution is -0.167. The van der Waals surface area contributed by atoms with E-state index in [1.807, 2.05) is 25.6 Å². The molecule has 0 N–H and O–H groups in total. The second-order valence-electron chi connectivity index (χ2n) is 25.1. The second kappa shape index (κ2) is 23.3. The van der Waals surface area contributed by atoms with E-state index < -0.39 is 11.5 Å². The molecule has 340 valence electrons. The van der Waals surface area contributed by atoms with Crippen LogP contribution < -0.4 is 0 Å². The highest BCUT2D eigenvalue weighted by Gasteiger charge is 2.37. The molecule has 0 radical (unpaired) electrons. The van der Waals surface area contributed by atoms with E-state index in [0.717, 1.165) is 63.1 Å². The third kappa shape index (κ3) is 25.5. The van der Waals surface area contributed by atoms with Crippen LogP contribution in [0.3, 0.4) is 0 Å². The number of rotatable bonds is 27. The van der Waals surface area contributed by atoms with Crippen LogP contribution in [0, 0.1) is 43.3 Å². The third-order valence-corrected chi connectivity index (χ3v) is 12.8. The van der Waals surface area contributed by atoms with Crippen LogP contribution in [0.5, 0.6) is 0 Å². The van der Waals surface area contributed by atoms with Gasteiger partial charge in [0.15, 0.2) is 0 Å². The minimum Gasteiger partial charge on any atom is -0.461 e. The molecule has 0 aliphatic carbocycles. The Bertz CT molecular complexity index is 1270. The van der Waals surface area contributed by atoms with E-state index in [-0.39, 0.29) is 40.2 Å². The molecule has 1 heterocycles. The van der Waals surface area contributed by atoms with Gasteiger partial charge in [-0.2, -0.15) is 11.8 Å². The predicted molar refractivity (Wildman–Crippen MR) is 255 cm³/mol. The van der Waals surface area contributed by atoms with Crippen molar-refractivity contribution in [1.29, 1.82) is 0 Å². The molecule has 1 fully saturated rings. The normalized spacial score (nSPS) is 16.7. The molecule has 0 bridgehead atoms. The van der Waals surface area contributed by atoms with Crippen molar-refractivity contribution in [3.63, 3.8) is 0 Å². The molecule has 1 unspecified atom stereocenters. The Hall–Kier alpha value is -1.27. The number of ether oxygens (including phenoxy) is 2. The van der Waals surface area contributed by atoms with Crippen molar-refractivity contribution in [3.8, 4) is 0 Å². The molecular formula is C52H97NO4S. The predicted octanol–water partition coefficient (Wildman–Crippen LogP) is 14.9. The Morgan fingerprint density at radius 1 is 0.603 bits per heavy atom. The van der Waals surface area contributed by atoms with Crippen LogP contribution >= 0.6 is 11.8 Å². The Balaban J connectivity index is 2.79. The molecule has 1 atom stereocenters. The van der Waals surface area contributed by atoms with Gasteiger partial charge in [0.05, 0.1) is 11.8 Å². The Morgan fingerprint density at radius 2 is 1.07 bits per heavy atom. The highest BCUT2D eigenvalue weighted by molar-refractivity contribution is 7.99. The van der Waals surface area contributed by atoms with Crippen LogP contribution in [0.15, 0.2) is 24.3 Å². The number of carbonyl (C=O) groups is 2. The van der Waals surface area contributed by atoms with Crippen molar-refractivity contribution in [3.05, 3.63) is 24.3 Å². The van der Waals surface area contributed by atoms with E-state index in [0.29, 0.717) is 35.6 Å². The molecule has 0 saturated carbocycles. The fraction of sp³-hybridized carbons (Fsp3) is 0.885. The van der Waals surface area contributed by atoms with Gasteiger partial charge in [0.25, 0.3) is 0 Å². The highest BCUT2D eigenvalue weighted by atomic mass is 32.2. The topological polar surface area (TPSA) is 55.8 Å². The lowest BCUT2D eigenvalue weighted by Gasteiger charge is -2.35. The molecule has 0 spiro atoms. The standard InChI is InChI=1S/C52H97NO4S/c1-19-26-46(5,6)39-48(9,10)29-24-25-30-50(13,14)41-52(17,18)44(55)56-37-42(36-53-31-33-58-34-32-53)57-43(54)35-51(15,16)40-49(11,12)28-23-21-20-22-27-47(7,8)38-45(2,3)4/h20-21,24-25,42H,19,22-23,26-41H2,1-18H3/b21-20-,25-24-. The van der Waals surface area contributed by atoms with E-state index >= 15 is 0 Å². The van der Waals surface area contributed by atoms with Gasteiger partial charge in [-0.3, -0.25) is 14.5 Å². The summed E-state index contributed by atoms with van der Waals surface area (Å²) in [6, 6.07) is 0. The fourth-order valence-corrected chi connectivity index (χ4v) is 11.6. The molecule has 1 saturated heterocycles. The van der Waals surface area contributed by atoms with E-state index in [1.165, 1.54) is 32.1 Å². The average molecular weight is 832 g/mol. The molecule has 58 heavy (non-hydrogen) atoms. The first-order chi connectivity index (χ1) is 26.3. The van der Waals surface area contributed by atoms with Crippen molar-refractivity contribution in [2.45, 2.75) is 214 Å². The van der Waals surface area contributed by atoms with E-state index in [9.17, 15) is 9.59 Å². The summed E-state index contributed by atoms with van der Waals surface area (Å²) in [7, 11) is 0. The van der Waals surface area contributed by atoms with Gasteiger partial charge in [0.2, 0.25) is 0 Å². The first kappa shape index (κ1) is 54.7. The molecule has 0 aromatic heterocycles. The number of hydrogen-bond acceptors (Lipinski definition) is 6. The summed E-state index contributed by atoms with van der Waals surface area (Å²) in [5, 5.41) is 0. The Kier molecular flexibility index (Phi) is 21.9. The first-order valence-corrected chi connectivity index (χ1v) is 24.4. The average Bonchev–Trinajstić information content (AvgIpc) is 3.00. The molecule has 0 aromatic rings. The largest absolute Gasteiger partial charge is 0.461 e. The summed E-state index contributed by atoms with van der Waals surface area (Å²) in [4.78, 5) is 29.7. The van der Waals surface area contributed by atoms with Crippen LogP contribution in [0.1, 0.15) is 208 Å². The Morgan fingerprint density at radius 3 is 1.57 bits per heavy atom. The lowest BCUT2D eigenvalue weighted by Crippen LogP contribution is -2.43. The van der Waals surface area contributed by atoms with Crippen LogP contribution in [-0.4, -0.2) is 60.7 Å². The molecule has 1 aliphatic rings. The minimum atomic E-state index is -0.664. The van der Waals surface area contributed by atoms with Gasteiger partial charge in [-0.1, -0.05) is 142 Å². The molecule has 0 amide bonds. The molecule has 5 nitrogen and oxygen atoms in total. The van der Waals surface area contributed by atoms with Crippen molar-refractivity contribution < 1.29 is 19.1 Å². The number of nitrogens with zero attached hydrogens (tertiary/aromatic N) is 1. The molecule has 6 heteroatoms. The molecule has 1 aliphatic heterocycles. The number of hydrogen-bond donors (Lipinski definition) is 0. The molecular weight excluding hydrogens is 735 g/mol. The zero-order valence-corrected chi connectivity index (χ0v) is 42.6. The maximum Gasteiger partial charge on any atom is 0.311 e. The highest BCUT2D eigenvalue weighted by Crippen LogP contribution is 2.42. The van der Waals surface area contributed by atoms with Crippen LogP contribution in [0.4, 0.5) is 0 Å². The van der Waals surface area contributed by atoms with Crippen LogP contribution in [-0.2, 0) is 19.1 Å². The fourth-order valence-electron chi connectivity index (χ4n) is 10.6. The monoisotopic (exact) mass is 832 g/mol. The van der Waals surface area contributed by atoms with Gasteiger partial charge in [0.1, 0.15) is 12.7 Å². The van der Waals surface area contributed by atoms with Crippen molar-refractivity contribution >= 4 is 23.7 Å². The van der Waals surface area contributed by atoms with Gasteiger partial charge >= 0.3 is 11.9 Å². The van der Waals surface area contributed by atoms with E-state index in [4.69, 9.17) is 9.47 Å². The van der Waals surface area contributed by atoms with E-state index in [2.05, 4.69) is 140 Å². The maximum atomic E-state index is 13.7. The van der Waals surface area contributed by atoms with Crippen molar-refractivity contribution in [1.82, 2.24) is 4.90 Å². The van der Waals surface area contributed by atoms with Crippen molar-refractivity contribution in [2.24, 2.45) is 43.3 Å². The SMILES string of the molecule is CCCC(C)(C)CC(C)(C)C/C=C\CC(C)(C)CC(C)(C)C(=O)OCC(CN1CCSCC1)OC(=O)CC(C)(C)CC(C)(C)CC/C=C\CCC(C)(C)CC(C)(C)C. The minimum absolute atomic E-state index is 0.0687. The smallest absolute Gasteiger partial charge is 0.311 e. The zero-order valence-electron chi connectivity index (χ0n) is 41.8. The lowest BCUT2D eigenvalue weighted by atomic mass is 9.71. The summed E-state index contributed by atoms with van der Waals surface area (Å²) >= 11 is 1.96. The van der Waals surface area contributed by atoms with Crippen molar-refractivity contribution in [2.75, 3.05) is 37.7 Å². The van der Waals surface area contributed by atoms with E-state index in [1.54, 1.807) is 0 Å². The molecule has 0 aromatic carbocycles. The summed E-state index contributed by atoms with van der Waals surface area (Å²) in [6.07, 6.45) is 22.2. The van der Waals surface area contributed by atoms with Gasteiger partial charge < -0.3 is 9.47 Å². The third-order valence-electron chi connectivity index (χ3n) is 11.9. The van der Waals surface area contributed by atoms with Gasteiger partial charge in [-0.25, -0.2) is 0 Å². The van der Waals surface area contributed by atoms with Gasteiger partial charge in [-0.15, -0.1) is 0 Å². The number of carbonyl (C=O) groups excluding carboxylic acids is 2. The van der Waals surface area contributed by atoms with Gasteiger partial charge in [0, 0.05) is 31.1 Å². The quantitative estimate of drug-likeness (QED) is 0.0607. The van der Waals surface area contributed by atoms with Crippen LogP contribution in [0.25, 0.3) is 0 Å². The van der Waals surface area contributed by atoms with Crippen LogP contribution in [0.2, 0.25) is 0 Å². The summed E-state index contributed by atoms with van der Waals surface area (Å²) < 4.78 is 12.2. The molecule has 1 rings (SSSR count). The zero-order chi connectivity index (χ0) is 44.7. The summed E-state index contributed by atoms with van der Waals surface area (Å²) in [5.41, 5.74) is 0.460. The second-order valence-corrected chi connectivity index (χ2v) is 26.3. The summed E-state index contributed by atoms with van der Waals surface area (Å²) in [5.74, 6) is 1.72. The first-order valence-electron chi connectivity index (χ1n) is 23.2. The number of esters is 2.